The summed E-state index contributed by atoms with van der Waals surface area (Å²) < 4.78 is 4.72. The Morgan fingerprint density at radius 3 is 1.68 bits per heavy atom. The van der Waals surface area contributed by atoms with Gasteiger partial charge in [-0.25, -0.2) is 9.59 Å². The van der Waals surface area contributed by atoms with Crippen molar-refractivity contribution in [3.63, 3.8) is 0 Å². The third kappa shape index (κ3) is 4.06. The number of hydrogen-bond donors (Lipinski definition) is 3. The number of para-hydroxylation sites is 2. The number of pyridine rings is 4. The van der Waals surface area contributed by atoms with Gasteiger partial charge in [0.15, 0.2) is 0 Å². The molecule has 4 aromatic heterocycles. The van der Waals surface area contributed by atoms with Crippen molar-refractivity contribution < 1.29 is 19.4 Å². The predicted molar refractivity (Wildman–Crippen MR) is 138 cm³/mol. The van der Waals surface area contributed by atoms with Gasteiger partial charge in [-0.05, 0) is 24.3 Å². The van der Waals surface area contributed by atoms with Crippen LogP contribution in [0.25, 0.3) is 43.4 Å². The van der Waals surface area contributed by atoms with Crippen LogP contribution in [0, 0.1) is 0 Å². The quantitative estimate of drug-likeness (QED) is 0.243. The molecule has 0 fully saturated rings. The van der Waals surface area contributed by atoms with E-state index in [0.29, 0.717) is 43.5 Å². The summed E-state index contributed by atoms with van der Waals surface area (Å²) in [5.74, 6) is -1.55. The van der Waals surface area contributed by atoms with Crippen molar-refractivity contribution in [1.82, 2.24) is 19.9 Å². The molecule has 4 heterocycles. The van der Waals surface area contributed by atoms with Crippen molar-refractivity contribution in [2.24, 2.45) is 0 Å². The molecule has 6 aromatic rings. The number of carboxylic acids is 1. The summed E-state index contributed by atoms with van der Waals surface area (Å²) in [6, 6.07) is 13.3. The average molecular weight is 494 g/mol. The van der Waals surface area contributed by atoms with Crippen LogP contribution in [0.2, 0.25) is 0 Å². The molecule has 10 heteroatoms. The fourth-order valence-electron chi connectivity index (χ4n) is 4.26. The number of ether oxygens (including phenoxy) is 1. The molecule has 0 radical (unpaired) electrons. The number of aromatic amines is 2. The number of aromatic nitrogens is 4. The van der Waals surface area contributed by atoms with E-state index in [4.69, 9.17) is 9.84 Å². The molecule has 2 aromatic carbocycles. The molecule has 0 aliphatic carbocycles. The Kier molecular flexibility index (Phi) is 5.90. The number of benzene rings is 2. The van der Waals surface area contributed by atoms with Crippen LogP contribution in [0.5, 0.6) is 0 Å². The van der Waals surface area contributed by atoms with E-state index in [0.717, 1.165) is 5.39 Å². The van der Waals surface area contributed by atoms with E-state index in [-0.39, 0.29) is 16.7 Å². The van der Waals surface area contributed by atoms with Gasteiger partial charge in [-0.2, -0.15) is 0 Å². The van der Waals surface area contributed by atoms with Crippen LogP contribution < -0.4 is 11.1 Å². The van der Waals surface area contributed by atoms with E-state index >= 15 is 0 Å². The summed E-state index contributed by atoms with van der Waals surface area (Å²) in [7, 11) is 1.31. The fourth-order valence-corrected chi connectivity index (χ4v) is 4.26. The topological polar surface area (TPSA) is 155 Å². The number of H-pyrrole nitrogens is 2. The Labute approximate surface area is 207 Å². The van der Waals surface area contributed by atoms with E-state index in [2.05, 4.69) is 19.9 Å². The van der Waals surface area contributed by atoms with Gasteiger partial charge in [-0.3, -0.25) is 19.6 Å². The van der Waals surface area contributed by atoms with Crippen LogP contribution >= 0.6 is 0 Å². The summed E-state index contributed by atoms with van der Waals surface area (Å²) in [6.45, 7) is 0. The molecule has 0 amide bonds. The number of aromatic carboxylic acids is 1. The molecule has 0 spiro atoms. The lowest BCUT2D eigenvalue weighted by molar-refractivity contribution is 0.0601. The zero-order valence-electron chi connectivity index (χ0n) is 19.3. The Balaban J connectivity index is 0.000000152. The molecule has 0 bridgehead atoms. The second-order valence-corrected chi connectivity index (χ2v) is 8.00. The van der Waals surface area contributed by atoms with Crippen LogP contribution in [-0.2, 0) is 4.74 Å². The number of esters is 1. The second kappa shape index (κ2) is 9.34. The number of rotatable bonds is 2. The van der Waals surface area contributed by atoms with Gasteiger partial charge < -0.3 is 19.8 Å². The highest BCUT2D eigenvalue weighted by Crippen LogP contribution is 2.24. The lowest BCUT2D eigenvalue weighted by Crippen LogP contribution is -2.10. The van der Waals surface area contributed by atoms with Crippen LogP contribution in [0.1, 0.15) is 20.7 Å². The lowest BCUT2D eigenvalue weighted by atomic mass is 10.1. The highest BCUT2D eigenvalue weighted by molar-refractivity contribution is 6.12. The molecule has 0 unspecified atom stereocenters. The molecule has 3 N–H and O–H groups in total. The van der Waals surface area contributed by atoms with E-state index in [1.54, 1.807) is 55.0 Å². The van der Waals surface area contributed by atoms with E-state index in [1.165, 1.54) is 19.4 Å². The maximum atomic E-state index is 12.0. The number of nitrogens with zero attached hydrogens (tertiary/aromatic N) is 2. The third-order valence-corrected chi connectivity index (χ3v) is 5.95. The summed E-state index contributed by atoms with van der Waals surface area (Å²) >= 11 is 0. The first-order chi connectivity index (χ1) is 17.9. The molecule has 0 saturated carbocycles. The molecule has 0 atom stereocenters. The van der Waals surface area contributed by atoms with Gasteiger partial charge in [0, 0.05) is 46.3 Å². The number of carbonyl (C=O) groups is 2. The SMILES string of the molecule is COC(=O)c1cccc2c1[nH]c(=O)c1ccncc12.O=C(O)c1cccc2c1[nH]c(=O)c1ccncc12. The number of carboxylic acid groups (broad SMARTS) is 1. The van der Waals surface area contributed by atoms with Gasteiger partial charge in [0.05, 0.1) is 40.0 Å². The molecule has 182 valence electrons. The molecule has 37 heavy (non-hydrogen) atoms. The van der Waals surface area contributed by atoms with Crippen molar-refractivity contribution in [2.45, 2.75) is 0 Å². The second-order valence-electron chi connectivity index (χ2n) is 8.00. The van der Waals surface area contributed by atoms with Gasteiger partial charge >= 0.3 is 11.9 Å². The highest BCUT2D eigenvalue weighted by atomic mass is 16.5. The standard InChI is InChI=1S/C14H10N2O3.C13H8N2O3/c1-19-14(18)10-4-2-3-8-11-7-15-6-5-9(11)13(17)16-12(8)10;16-12-8-4-5-14-6-10(8)7-2-1-3-9(13(17)18)11(7)15-12/h2-7H,1H3,(H,16,17);1-6H,(H,15,16)(H,17,18). The number of nitrogens with one attached hydrogen (secondary N) is 2. The zero-order valence-corrected chi connectivity index (χ0v) is 19.3. The van der Waals surface area contributed by atoms with E-state index in [1.807, 2.05) is 6.07 Å². The van der Waals surface area contributed by atoms with Crippen molar-refractivity contribution in [3.05, 3.63) is 105 Å². The van der Waals surface area contributed by atoms with Crippen LogP contribution in [-0.4, -0.2) is 44.1 Å². The predicted octanol–water partition coefficient (Wildman–Crippen LogP) is 3.64. The van der Waals surface area contributed by atoms with Crippen molar-refractivity contribution >= 4 is 55.3 Å². The summed E-state index contributed by atoms with van der Waals surface area (Å²) in [5, 5.41) is 13.0. The Morgan fingerprint density at radius 2 is 1.19 bits per heavy atom. The number of methoxy groups -OCH3 is 1. The Morgan fingerprint density at radius 1 is 0.703 bits per heavy atom. The number of carbonyl (C=O) groups excluding carboxylic acids is 1. The first-order valence-electron chi connectivity index (χ1n) is 11.0. The highest BCUT2D eigenvalue weighted by Gasteiger charge is 2.14. The average Bonchev–Trinajstić information content (AvgIpc) is 2.93. The summed E-state index contributed by atoms with van der Waals surface area (Å²) in [4.78, 5) is 60.1. The maximum Gasteiger partial charge on any atom is 0.339 e. The van der Waals surface area contributed by atoms with Crippen LogP contribution in [0.15, 0.2) is 82.9 Å². The van der Waals surface area contributed by atoms with Gasteiger partial charge in [0.25, 0.3) is 11.1 Å². The molecule has 0 aliphatic heterocycles. The molecule has 0 saturated heterocycles. The molecule has 10 nitrogen and oxygen atoms in total. The fraction of sp³-hybridized carbons (Fsp3) is 0.0370. The molecular formula is C27H18N4O6. The molecular weight excluding hydrogens is 476 g/mol. The monoisotopic (exact) mass is 494 g/mol. The van der Waals surface area contributed by atoms with Gasteiger partial charge in [-0.1, -0.05) is 24.3 Å². The van der Waals surface area contributed by atoms with Crippen LogP contribution in [0.3, 0.4) is 0 Å². The Bertz CT molecular complexity index is 1980. The summed E-state index contributed by atoms with van der Waals surface area (Å²) in [5.41, 5.74) is 0.656. The van der Waals surface area contributed by atoms with Crippen LogP contribution in [0.4, 0.5) is 0 Å². The van der Waals surface area contributed by atoms with Gasteiger partial charge in [0.2, 0.25) is 0 Å². The van der Waals surface area contributed by atoms with Gasteiger partial charge in [-0.15, -0.1) is 0 Å². The number of hydrogen-bond acceptors (Lipinski definition) is 7. The van der Waals surface area contributed by atoms with Gasteiger partial charge in [0.1, 0.15) is 0 Å². The van der Waals surface area contributed by atoms with Crippen molar-refractivity contribution in [1.29, 1.82) is 0 Å². The zero-order chi connectivity index (χ0) is 26.1. The number of fused-ring (bicyclic) bond motifs is 6. The smallest absolute Gasteiger partial charge is 0.339 e. The minimum absolute atomic E-state index is 0.0790. The minimum Gasteiger partial charge on any atom is -0.478 e. The normalized spacial score (nSPS) is 10.8. The summed E-state index contributed by atoms with van der Waals surface area (Å²) in [6.07, 6.45) is 6.28. The van der Waals surface area contributed by atoms with E-state index in [9.17, 15) is 19.2 Å². The maximum absolute atomic E-state index is 12.0. The van der Waals surface area contributed by atoms with Crippen molar-refractivity contribution in [2.75, 3.05) is 7.11 Å². The third-order valence-electron chi connectivity index (χ3n) is 5.95. The first-order valence-corrected chi connectivity index (χ1v) is 11.0. The minimum atomic E-state index is -1.07. The van der Waals surface area contributed by atoms with Crippen molar-refractivity contribution in [3.8, 4) is 0 Å². The largest absolute Gasteiger partial charge is 0.478 e. The first kappa shape index (κ1) is 23.4. The molecule has 6 rings (SSSR count). The molecule has 0 aliphatic rings. The van der Waals surface area contributed by atoms with E-state index < -0.39 is 11.9 Å². The Hall–Kier alpha value is -5.38. The lowest BCUT2D eigenvalue weighted by Gasteiger charge is -2.06.